The molecule has 0 spiro atoms. The summed E-state index contributed by atoms with van der Waals surface area (Å²) in [5.74, 6) is 0. The predicted octanol–water partition coefficient (Wildman–Crippen LogP) is 6.30. The maximum atomic E-state index is 4.83. The van der Waals surface area contributed by atoms with Crippen LogP contribution in [0.1, 0.15) is 4.88 Å². The van der Waals surface area contributed by atoms with E-state index in [1.54, 1.807) is 11.3 Å². The molecular weight excluding hydrogens is 581 g/mol. The first-order chi connectivity index (χ1) is 14.8. The van der Waals surface area contributed by atoms with Gasteiger partial charge in [-0.2, -0.15) is 5.10 Å². The number of aromatic nitrogens is 4. The van der Waals surface area contributed by atoms with Crippen molar-refractivity contribution in [3.8, 4) is 5.69 Å². The minimum absolute atomic E-state index is 0. The molecule has 0 bridgehead atoms. The molecule has 4 nitrogen and oxygen atoms in total. The van der Waals surface area contributed by atoms with Crippen LogP contribution in [-0.4, -0.2) is 19.2 Å². The van der Waals surface area contributed by atoms with Gasteiger partial charge in [0.1, 0.15) is 0 Å². The van der Waals surface area contributed by atoms with E-state index in [1.165, 1.54) is 26.5 Å². The molecule has 0 aliphatic carbocycles. The third-order valence-corrected chi connectivity index (χ3v) is 6.89. The van der Waals surface area contributed by atoms with E-state index in [0.29, 0.717) is 0 Å². The van der Waals surface area contributed by atoms with Crippen LogP contribution < -0.4 is 0 Å². The molecule has 5 aromatic heterocycles. The van der Waals surface area contributed by atoms with Crippen LogP contribution >= 0.6 is 11.3 Å². The maximum Gasteiger partial charge on any atom is 0.0938 e. The molecule has 0 aliphatic rings. The molecule has 31 heavy (non-hydrogen) atoms. The molecule has 7 rings (SSSR count). The van der Waals surface area contributed by atoms with Crippen molar-refractivity contribution >= 4 is 59.6 Å². The molecule has 7 aromatic rings. The molecule has 0 saturated heterocycles. The zero-order chi connectivity index (χ0) is 19.8. The fraction of sp³-hybridized carbons (Fsp3) is 0.0400. The van der Waals surface area contributed by atoms with Gasteiger partial charge in [0, 0.05) is 43.3 Å². The van der Waals surface area contributed by atoms with Gasteiger partial charge in [-0.1, -0.05) is 52.0 Å². The van der Waals surface area contributed by atoms with Crippen molar-refractivity contribution in [1.82, 2.24) is 19.2 Å². The largest absolute Gasteiger partial charge is 0.306 e. The second kappa shape index (κ2) is 6.72. The monoisotopic (exact) mass is 596 g/mol. The summed E-state index contributed by atoms with van der Waals surface area (Å²) in [5, 5.41) is 9.63. The fourth-order valence-electron chi connectivity index (χ4n) is 4.67. The van der Waals surface area contributed by atoms with Crippen LogP contribution in [0.5, 0.6) is 0 Å². The molecule has 0 amide bonds. The molecule has 5 heterocycles. The normalized spacial score (nSPS) is 11.8. The summed E-state index contributed by atoms with van der Waals surface area (Å²) in [5.41, 5.74) is 5.53. The molecule has 6 heteroatoms. The Labute approximate surface area is 195 Å². The van der Waals surface area contributed by atoms with Gasteiger partial charge < -0.3 is 4.57 Å². The number of fused-ring (bicyclic) bond motifs is 9. The molecule has 2 aromatic carbocycles. The molecule has 0 N–H and O–H groups in total. The zero-order valence-electron chi connectivity index (χ0n) is 16.5. The standard InChI is InChI=1S/C25H15N4S.Ir/c1-15-12-22-25(30-15)19-13-26-11-10-18(19)24-23(14-27-29(22)24)28-20-8-4-2-6-16(20)17-7-3-5-9-21(17)28;/h2-11,13-14H,1H3;/q-1;. The first-order valence-corrected chi connectivity index (χ1v) is 10.7. The first kappa shape index (κ1) is 18.7. The third kappa shape index (κ3) is 2.44. The minimum Gasteiger partial charge on any atom is -0.306 e. The molecule has 151 valence electrons. The molecule has 0 unspecified atom stereocenters. The predicted molar refractivity (Wildman–Crippen MR) is 124 cm³/mol. The van der Waals surface area contributed by atoms with Gasteiger partial charge in [0.15, 0.2) is 0 Å². The van der Waals surface area contributed by atoms with Crippen molar-refractivity contribution in [3.63, 3.8) is 0 Å². The van der Waals surface area contributed by atoms with Crippen molar-refractivity contribution in [2.45, 2.75) is 6.92 Å². The van der Waals surface area contributed by atoms with E-state index in [1.807, 2.05) is 23.1 Å². The Balaban J connectivity index is 0.00000185. The minimum atomic E-state index is 0. The molecule has 0 atom stereocenters. The van der Waals surface area contributed by atoms with Gasteiger partial charge in [-0.05, 0) is 30.5 Å². The van der Waals surface area contributed by atoms with Crippen LogP contribution in [0.25, 0.3) is 54.0 Å². The quantitative estimate of drug-likeness (QED) is 0.209. The number of rotatable bonds is 1. The van der Waals surface area contributed by atoms with Crippen molar-refractivity contribution in [2.24, 2.45) is 0 Å². The number of para-hydroxylation sites is 2. The maximum absolute atomic E-state index is 4.83. The summed E-state index contributed by atoms with van der Waals surface area (Å²) in [7, 11) is 0. The van der Waals surface area contributed by atoms with Gasteiger partial charge in [0.25, 0.3) is 0 Å². The van der Waals surface area contributed by atoms with Gasteiger partial charge in [0.05, 0.1) is 28.4 Å². The van der Waals surface area contributed by atoms with Gasteiger partial charge in [-0.15, -0.1) is 4.88 Å². The molecule has 1 radical (unpaired) electrons. The van der Waals surface area contributed by atoms with E-state index in [2.05, 4.69) is 77.1 Å². The molecule has 0 aliphatic heterocycles. The van der Waals surface area contributed by atoms with Gasteiger partial charge in [0.2, 0.25) is 0 Å². The Kier molecular flexibility index (Phi) is 4.06. The van der Waals surface area contributed by atoms with Crippen molar-refractivity contribution in [3.05, 3.63) is 84.1 Å². The van der Waals surface area contributed by atoms with Crippen LogP contribution in [-0.2, 0) is 20.1 Å². The second-order valence-electron chi connectivity index (χ2n) is 7.54. The van der Waals surface area contributed by atoms with E-state index in [0.717, 1.165) is 32.4 Å². The van der Waals surface area contributed by atoms with Gasteiger partial charge in [-0.3, -0.25) is 20.8 Å². The number of benzene rings is 2. The average Bonchev–Trinajstić information content (AvgIpc) is 3.47. The number of nitrogens with zero attached hydrogens (tertiary/aromatic N) is 4. The Morgan fingerprint density at radius 1 is 0.839 bits per heavy atom. The average molecular weight is 596 g/mol. The summed E-state index contributed by atoms with van der Waals surface area (Å²) >= 11 is 1.75. The van der Waals surface area contributed by atoms with Crippen LogP contribution in [0.4, 0.5) is 0 Å². The van der Waals surface area contributed by atoms with Crippen LogP contribution in [0.3, 0.4) is 0 Å². The number of aryl methyl sites for hydroxylation is 1. The van der Waals surface area contributed by atoms with Crippen molar-refractivity contribution in [2.75, 3.05) is 0 Å². The summed E-state index contributed by atoms with van der Waals surface area (Å²) in [6, 6.07) is 22.7. The molecule has 0 fully saturated rings. The van der Waals surface area contributed by atoms with Gasteiger partial charge >= 0.3 is 0 Å². The van der Waals surface area contributed by atoms with E-state index in [-0.39, 0.29) is 20.1 Å². The number of thiophene rings is 1. The third-order valence-electron chi connectivity index (χ3n) is 5.87. The first-order valence-electron chi connectivity index (χ1n) is 9.85. The Morgan fingerprint density at radius 3 is 2.29 bits per heavy atom. The SMILES string of the molecule is Cc1[c-]c2c(s1)c1cnccc1c1c(-n3c4ccccc4c4ccccc43)cnn21.[Ir]. The Morgan fingerprint density at radius 2 is 1.55 bits per heavy atom. The van der Waals surface area contributed by atoms with Crippen LogP contribution in [0, 0.1) is 13.0 Å². The van der Waals surface area contributed by atoms with Crippen molar-refractivity contribution < 1.29 is 20.1 Å². The van der Waals surface area contributed by atoms with Crippen LogP contribution in [0.2, 0.25) is 0 Å². The zero-order valence-corrected chi connectivity index (χ0v) is 19.7. The summed E-state index contributed by atoms with van der Waals surface area (Å²) in [6.07, 6.45) is 5.81. The fourth-order valence-corrected chi connectivity index (χ4v) is 5.63. The second-order valence-corrected chi connectivity index (χ2v) is 8.77. The van der Waals surface area contributed by atoms with E-state index >= 15 is 0 Å². The topological polar surface area (TPSA) is 35.1 Å². The van der Waals surface area contributed by atoms with E-state index < -0.39 is 0 Å². The Hall–Kier alpha value is -3.05. The molecule has 0 saturated carbocycles. The van der Waals surface area contributed by atoms with E-state index in [4.69, 9.17) is 5.10 Å². The number of pyridine rings is 2. The Bertz CT molecular complexity index is 1720. The van der Waals surface area contributed by atoms with Gasteiger partial charge in [-0.25, -0.2) is 6.07 Å². The number of hydrogen-bond donors (Lipinski definition) is 0. The van der Waals surface area contributed by atoms with Crippen molar-refractivity contribution in [1.29, 1.82) is 0 Å². The van der Waals surface area contributed by atoms with Crippen LogP contribution in [0.15, 0.2) is 73.2 Å². The van der Waals surface area contributed by atoms with E-state index in [9.17, 15) is 0 Å². The summed E-state index contributed by atoms with van der Waals surface area (Å²) < 4.78 is 5.55. The molecular formula is C25H15IrN4S-. The number of hydrogen-bond acceptors (Lipinski definition) is 3. The smallest absolute Gasteiger partial charge is 0.0938 e. The summed E-state index contributed by atoms with van der Waals surface area (Å²) in [6.45, 7) is 2.09. The summed E-state index contributed by atoms with van der Waals surface area (Å²) in [4.78, 5) is 5.56.